The molecule has 0 saturated carbocycles. The van der Waals surface area contributed by atoms with E-state index in [9.17, 15) is 5.11 Å². The SMILES string of the molecule is O[C@@H]1CON(CCN2CCCC2)C1. The van der Waals surface area contributed by atoms with Gasteiger partial charge >= 0.3 is 0 Å². The zero-order valence-corrected chi connectivity index (χ0v) is 7.98. The molecule has 2 aliphatic heterocycles. The number of likely N-dealkylation sites (tertiary alicyclic amines) is 1. The predicted molar refractivity (Wildman–Crippen MR) is 49.2 cm³/mol. The third kappa shape index (κ3) is 2.64. The summed E-state index contributed by atoms with van der Waals surface area (Å²) in [5.74, 6) is 0. The molecule has 0 aliphatic carbocycles. The fraction of sp³-hybridized carbons (Fsp3) is 1.00. The number of rotatable bonds is 3. The largest absolute Gasteiger partial charge is 0.389 e. The van der Waals surface area contributed by atoms with Crippen LogP contribution in [-0.2, 0) is 4.84 Å². The maximum atomic E-state index is 9.21. The second kappa shape index (κ2) is 4.37. The summed E-state index contributed by atoms with van der Waals surface area (Å²) in [4.78, 5) is 7.73. The molecule has 1 N–H and O–H groups in total. The van der Waals surface area contributed by atoms with Crippen LogP contribution >= 0.6 is 0 Å². The second-order valence-corrected chi connectivity index (χ2v) is 3.89. The monoisotopic (exact) mass is 186 g/mol. The van der Waals surface area contributed by atoms with Crippen LogP contribution in [0.3, 0.4) is 0 Å². The lowest BCUT2D eigenvalue weighted by molar-refractivity contribution is -0.112. The summed E-state index contributed by atoms with van der Waals surface area (Å²) in [7, 11) is 0. The Bertz CT molecular complexity index is 160. The number of β-amino-alcohol motifs (C(OH)–C–C–N with tert-alkyl or cyclic N) is 1. The van der Waals surface area contributed by atoms with Gasteiger partial charge < -0.3 is 10.0 Å². The van der Waals surface area contributed by atoms with Gasteiger partial charge in [-0.15, -0.1) is 0 Å². The first-order chi connectivity index (χ1) is 6.34. The zero-order valence-electron chi connectivity index (χ0n) is 7.98. The van der Waals surface area contributed by atoms with E-state index in [0.717, 1.165) is 13.1 Å². The Hall–Kier alpha value is -0.160. The summed E-state index contributed by atoms with van der Waals surface area (Å²) in [6.45, 7) is 5.62. The molecule has 1 atom stereocenters. The number of hydroxylamine groups is 2. The quantitative estimate of drug-likeness (QED) is 0.656. The summed E-state index contributed by atoms with van der Waals surface area (Å²) in [5.41, 5.74) is 0. The van der Waals surface area contributed by atoms with Gasteiger partial charge in [-0.3, -0.25) is 4.84 Å². The van der Waals surface area contributed by atoms with Gasteiger partial charge in [-0.05, 0) is 25.9 Å². The molecule has 2 saturated heterocycles. The molecule has 4 heteroatoms. The number of aliphatic hydroxyl groups excluding tert-OH is 1. The molecule has 0 aromatic rings. The topological polar surface area (TPSA) is 35.9 Å². The van der Waals surface area contributed by atoms with E-state index < -0.39 is 0 Å². The molecule has 0 aromatic heterocycles. The molecule has 4 nitrogen and oxygen atoms in total. The normalized spacial score (nSPS) is 31.6. The fourth-order valence-corrected chi connectivity index (χ4v) is 1.95. The van der Waals surface area contributed by atoms with Gasteiger partial charge in [-0.25, -0.2) is 0 Å². The van der Waals surface area contributed by atoms with Gasteiger partial charge in [0.2, 0.25) is 0 Å². The van der Waals surface area contributed by atoms with Crippen LogP contribution in [0.15, 0.2) is 0 Å². The molecule has 0 unspecified atom stereocenters. The maximum absolute atomic E-state index is 9.21. The molecular weight excluding hydrogens is 168 g/mol. The average Bonchev–Trinajstić information content (AvgIpc) is 2.71. The zero-order chi connectivity index (χ0) is 9.10. The minimum atomic E-state index is -0.279. The van der Waals surface area contributed by atoms with Crippen molar-refractivity contribution in [1.29, 1.82) is 0 Å². The van der Waals surface area contributed by atoms with E-state index in [4.69, 9.17) is 4.84 Å². The molecule has 2 rings (SSSR count). The molecule has 0 radical (unpaired) electrons. The van der Waals surface area contributed by atoms with Crippen molar-refractivity contribution in [2.24, 2.45) is 0 Å². The molecular formula is C9H18N2O2. The molecule has 76 valence electrons. The molecule has 2 fully saturated rings. The lowest BCUT2D eigenvalue weighted by Gasteiger charge is -2.19. The van der Waals surface area contributed by atoms with Gasteiger partial charge in [0.15, 0.2) is 0 Å². The molecule has 2 heterocycles. The van der Waals surface area contributed by atoms with Gasteiger partial charge in [0.05, 0.1) is 19.3 Å². The van der Waals surface area contributed by atoms with Crippen molar-refractivity contribution in [3.05, 3.63) is 0 Å². The van der Waals surface area contributed by atoms with Crippen molar-refractivity contribution < 1.29 is 9.94 Å². The first-order valence-electron chi connectivity index (χ1n) is 5.13. The minimum absolute atomic E-state index is 0.279. The summed E-state index contributed by atoms with van der Waals surface area (Å²) < 4.78 is 0. The van der Waals surface area contributed by atoms with Crippen LogP contribution in [0.5, 0.6) is 0 Å². The summed E-state index contributed by atoms with van der Waals surface area (Å²) in [5, 5.41) is 11.1. The standard InChI is InChI=1S/C9H18N2O2/c12-9-7-11(13-8-9)6-5-10-3-1-2-4-10/h9,12H,1-8H2/t9-/m0/s1. The Balaban J connectivity index is 1.62. The highest BCUT2D eigenvalue weighted by Crippen LogP contribution is 2.09. The highest BCUT2D eigenvalue weighted by Gasteiger charge is 2.22. The van der Waals surface area contributed by atoms with Crippen molar-refractivity contribution in [3.8, 4) is 0 Å². The Morgan fingerprint density at radius 3 is 2.62 bits per heavy atom. The molecule has 0 bridgehead atoms. The van der Waals surface area contributed by atoms with Crippen LogP contribution in [0.1, 0.15) is 12.8 Å². The van der Waals surface area contributed by atoms with E-state index in [0.29, 0.717) is 13.2 Å². The van der Waals surface area contributed by atoms with E-state index >= 15 is 0 Å². The number of aliphatic hydroxyl groups is 1. The van der Waals surface area contributed by atoms with E-state index in [-0.39, 0.29) is 6.10 Å². The third-order valence-corrected chi connectivity index (χ3v) is 2.73. The lowest BCUT2D eigenvalue weighted by Crippen LogP contribution is -2.32. The van der Waals surface area contributed by atoms with Crippen molar-refractivity contribution in [3.63, 3.8) is 0 Å². The second-order valence-electron chi connectivity index (χ2n) is 3.89. The maximum Gasteiger partial charge on any atom is 0.0958 e. The molecule has 13 heavy (non-hydrogen) atoms. The van der Waals surface area contributed by atoms with Crippen LogP contribution in [0.2, 0.25) is 0 Å². The smallest absolute Gasteiger partial charge is 0.0958 e. The van der Waals surface area contributed by atoms with Crippen LogP contribution in [0.4, 0.5) is 0 Å². The summed E-state index contributed by atoms with van der Waals surface area (Å²) in [6, 6.07) is 0. The Morgan fingerprint density at radius 2 is 2.00 bits per heavy atom. The van der Waals surface area contributed by atoms with Crippen molar-refractivity contribution in [1.82, 2.24) is 9.96 Å². The number of nitrogens with zero attached hydrogens (tertiary/aromatic N) is 2. The number of hydrogen-bond acceptors (Lipinski definition) is 4. The lowest BCUT2D eigenvalue weighted by atomic mass is 10.4. The van der Waals surface area contributed by atoms with Crippen LogP contribution in [0.25, 0.3) is 0 Å². The summed E-state index contributed by atoms with van der Waals surface area (Å²) in [6.07, 6.45) is 2.39. The van der Waals surface area contributed by atoms with Crippen LogP contribution in [0, 0.1) is 0 Å². The van der Waals surface area contributed by atoms with Crippen LogP contribution in [-0.4, -0.2) is 60.5 Å². The fourth-order valence-electron chi connectivity index (χ4n) is 1.95. The van der Waals surface area contributed by atoms with Crippen molar-refractivity contribution in [2.75, 3.05) is 39.3 Å². The van der Waals surface area contributed by atoms with E-state index in [1.165, 1.54) is 25.9 Å². The van der Waals surface area contributed by atoms with E-state index in [2.05, 4.69) is 4.90 Å². The molecule has 2 aliphatic rings. The predicted octanol–water partition coefficient (Wildman–Crippen LogP) is -0.310. The van der Waals surface area contributed by atoms with Gasteiger partial charge in [0, 0.05) is 13.1 Å². The Kier molecular flexibility index (Phi) is 3.16. The first-order valence-corrected chi connectivity index (χ1v) is 5.13. The van der Waals surface area contributed by atoms with E-state index in [1.54, 1.807) is 0 Å². The highest BCUT2D eigenvalue weighted by atomic mass is 16.7. The van der Waals surface area contributed by atoms with Gasteiger partial charge in [-0.2, -0.15) is 5.06 Å². The molecule has 0 amide bonds. The minimum Gasteiger partial charge on any atom is -0.389 e. The summed E-state index contributed by atoms with van der Waals surface area (Å²) >= 11 is 0. The van der Waals surface area contributed by atoms with E-state index in [1.807, 2.05) is 5.06 Å². The third-order valence-electron chi connectivity index (χ3n) is 2.73. The Morgan fingerprint density at radius 1 is 1.23 bits per heavy atom. The van der Waals surface area contributed by atoms with Crippen LogP contribution < -0.4 is 0 Å². The Labute approximate surface area is 79.0 Å². The van der Waals surface area contributed by atoms with Gasteiger partial charge in [0.1, 0.15) is 0 Å². The number of hydrogen-bond donors (Lipinski definition) is 1. The average molecular weight is 186 g/mol. The van der Waals surface area contributed by atoms with Crippen molar-refractivity contribution >= 4 is 0 Å². The highest BCUT2D eigenvalue weighted by molar-refractivity contribution is 4.69. The molecule has 0 spiro atoms. The first kappa shape index (κ1) is 9.40. The van der Waals surface area contributed by atoms with Gasteiger partial charge in [-0.1, -0.05) is 0 Å². The van der Waals surface area contributed by atoms with Gasteiger partial charge in [0.25, 0.3) is 0 Å². The molecule has 0 aromatic carbocycles. The van der Waals surface area contributed by atoms with Crippen molar-refractivity contribution in [2.45, 2.75) is 18.9 Å².